The van der Waals surface area contributed by atoms with Gasteiger partial charge in [-0.1, -0.05) is 29.8 Å². The van der Waals surface area contributed by atoms with Crippen molar-refractivity contribution >= 4 is 51.5 Å². The normalized spacial score (nSPS) is 14.8. The van der Waals surface area contributed by atoms with Gasteiger partial charge in [0.05, 0.1) is 17.1 Å². The van der Waals surface area contributed by atoms with Crippen molar-refractivity contribution in [1.29, 1.82) is 0 Å². The number of rotatable bonds is 3. The number of nitrogens with one attached hydrogen (secondary N) is 1. The van der Waals surface area contributed by atoms with E-state index >= 15 is 0 Å². The fraction of sp³-hybridized carbons (Fsp3) is 0.368. The highest BCUT2D eigenvalue weighted by atomic mass is 35.5. The van der Waals surface area contributed by atoms with Crippen molar-refractivity contribution in [2.75, 3.05) is 26.2 Å². The smallest absolute Gasteiger partial charge is 0.264 e. The molecule has 0 radical (unpaired) electrons. The van der Waals surface area contributed by atoms with E-state index in [0.29, 0.717) is 6.54 Å². The van der Waals surface area contributed by atoms with E-state index in [1.807, 2.05) is 46.8 Å². The number of hydrogen-bond donors (Lipinski definition) is 1. The van der Waals surface area contributed by atoms with Crippen LogP contribution in [0.1, 0.15) is 27.3 Å². The van der Waals surface area contributed by atoms with Crippen molar-refractivity contribution in [3.05, 3.63) is 51.5 Å². The molecule has 1 aromatic carbocycles. The van der Waals surface area contributed by atoms with Crippen LogP contribution >= 0.6 is 35.3 Å². The lowest BCUT2D eigenvalue weighted by atomic mass is 10.2. The average Bonchev–Trinajstić information content (AvgIpc) is 3.06. The predicted molar refractivity (Wildman–Crippen MR) is 114 cm³/mol. The Labute approximate surface area is 173 Å². The first-order valence-electron chi connectivity index (χ1n) is 8.84. The summed E-state index contributed by atoms with van der Waals surface area (Å²) >= 11 is 7.82. The molecule has 0 atom stereocenters. The minimum atomic E-state index is 0. The summed E-state index contributed by atoms with van der Waals surface area (Å²) in [5.74, 6) is 0.124. The Hall–Kier alpha value is -1.60. The van der Waals surface area contributed by atoms with E-state index in [1.165, 1.54) is 11.3 Å². The molecule has 0 spiro atoms. The monoisotopic (exact) mass is 424 g/mol. The van der Waals surface area contributed by atoms with Gasteiger partial charge in [-0.3, -0.25) is 9.48 Å². The summed E-state index contributed by atoms with van der Waals surface area (Å²) < 4.78 is 1.96. The molecule has 1 amide bonds. The quantitative estimate of drug-likeness (QED) is 0.691. The van der Waals surface area contributed by atoms with Gasteiger partial charge in [0.1, 0.15) is 4.83 Å². The summed E-state index contributed by atoms with van der Waals surface area (Å²) in [5.41, 5.74) is 1.97. The van der Waals surface area contributed by atoms with Crippen molar-refractivity contribution in [3.63, 3.8) is 0 Å². The van der Waals surface area contributed by atoms with Crippen LogP contribution in [-0.4, -0.2) is 46.8 Å². The van der Waals surface area contributed by atoms with E-state index in [9.17, 15) is 4.79 Å². The van der Waals surface area contributed by atoms with Crippen molar-refractivity contribution in [2.24, 2.45) is 0 Å². The Kier molecular flexibility index (Phi) is 6.42. The predicted octanol–water partition coefficient (Wildman–Crippen LogP) is 3.97. The van der Waals surface area contributed by atoms with Crippen LogP contribution in [0.15, 0.2) is 30.3 Å². The molecule has 27 heavy (non-hydrogen) atoms. The summed E-state index contributed by atoms with van der Waals surface area (Å²) in [6.45, 7) is 5.99. The minimum Gasteiger partial charge on any atom is -0.337 e. The van der Waals surface area contributed by atoms with Crippen LogP contribution in [0.2, 0.25) is 5.02 Å². The molecule has 5 nitrogen and oxygen atoms in total. The van der Waals surface area contributed by atoms with E-state index in [2.05, 4.69) is 10.4 Å². The largest absolute Gasteiger partial charge is 0.337 e. The second-order valence-corrected chi connectivity index (χ2v) is 8.00. The molecule has 4 rings (SSSR count). The molecule has 0 aliphatic carbocycles. The number of amides is 1. The number of aromatic nitrogens is 2. The number of hydrogen-bond acceptors (Lipinski definition) is 4. The van der Waals surface area contributed by atoms with Gasteiger partial charge in [-0.15, -0.1) is 23.7 Å². The van der Waals surface area contributed by atoms with E-state index in [1.54, 1.807) is 0 Å². The Balaban J connectivity index is 0.00000210. The average molecular weight is 425 g/mol. The van der Waals surface area contributed by atoms with Gasteiger partial charge in [0.25, 0.3) is 5.91 Å². The zero-order valence-corrected chi connectivity index (χ0v) is 17.5. The van der Waals surface area contributed by atoms with Crippen LogP contribution in [-0.2, 0) is 6.54 Å². The summed E-state index contributed by atoms with van der Waals surface area (Å²) in [4.78, 5) is 16.7. The van der Waals surface area contributed by atoms with Gasteiger partial charge in [-0.25, -0.2) is 0 Å². The SMILES string of the molecule is Cc1nn(Cc2ccccc2Cl)c2sc(C(=O)N3CCCNCC3)cc12.Cl. The van der Waals surface area contributed by atoms with Gasteiger partial charge in [-0.2, -0.15) is 5.10 Å². The molecule has 8 heteroatoms. The maximum absolute atomic E-state index is 12.9. The molecule has 1 fully saturated rings. The lowest BCUT2D eigenvalue weighted by Gasteiger charge is -2.18. The standard InChI is InChI=1S/C19H21ClN4OS.ClH/c1-13-15-11-17(18(25)23-9-4-7-21-8-10-23)26-19(15)24(22-13)12-14-5-2-3-6-16(14)20;/h2-3,5-6,11,21H,4,7-10,12H2,1H3;1H. The Bertz CT molecular complexity index is 944. The van der Waals surface area contributed by atoms with Gasteiger partial charge in [-0.05, 0) is 37.6 Å². The van der Waals surface area contributed by atoms with Crippen LogP contribution in [0.5, 0.6) is 0 Å². The van der Waals surface area contributed by atoms with Gasteiger partial charge in [0.2, 0.25) is 0 Å². The van der Waals surface area contributed by atoms with Crippen LogP contribution < -0.4 is 5.32 Å². The fourth-order valence-electron chi connectivity index (χ4n) is 3.32. The fourth-order valence-corrected chi connectivity index (χ4v) is 4.64. The number of aryl methyl sites for hydroxylation is 1. The van der Waals surface area contributed by atoms with Gasteiger partial charge in [0.15, 0.2) is 0 Å². The number of nitrogens with zero attached hydrogens (tertiary/aromatic N) is 3. The lowest BCUT2D eigenvalue weighted by molar-refractivity contribution is 0.0771. The van der Waals surface area contributed by atoms with Crippen molar-refractivity contribution in [1.82, 2.24) is 20.0 Å². The summed E-state index contributed by atoms with van der Waals surface area (Å²) in [7, 11) is 0. The highest BCUT2D eigenvalue weighted by molar-refractivity contribution is 7.20. The Morgan fingerprint density at radius 2 is 2.11 bits per heavy atom. The molecule has 2 aromatic heterocycles. The summed E-state index contributed by atoms with van der Waals surface area (Å²) in [5, 5.41) is 9.78. The molecule has 1 aliphatic heterocycles. The molecule has 144 valence electrons. The molecule has 3 heterocycles. The first-order valence-corrected chi connectivity index (χ1v) is 10.0. The first kappa shape index (κ1) is 20.1. The van der Waals surface area contributed by atoms with Gasteiger partial charge in [0, 0.05) is 30.0 Å². The van der Waals surface area contributed by atoms with Crippen LogP contribution in [0.4, 0.5) is 0 Å². The topological polar surface area (TPSA) is 50.2 Å². The maximum atomic E-state index is 12.9. The molecular weight excluding hydrogens is 403 g/mol. The molecular formula is C19H22Cl2N4OS. The first-order chi connectivity index (χ1) is 12.6. The third kappa shape index (κ3) is 4.14. The number of carbonyl (C=O) groups excluding carboxylic acids is 1. The number of benzene rings is 1. The second-order valence-electron chi connectivity index (χ2n) is 6.56. The van der Waals surface area contributed by atoms with Crippen LogP contribution in [0.3, 0.4) is 0 Å². The highest BCUT2D eigenvalue weighted by Gasteiger charge is 2.22. The zero-order valence-electron chi connectivity index (χ0n) is 15.1. The van der Waals surface area contributed by atoms with Gasteiger partial charge < -0.3 is 10.2 Å². The van der Waals surface area contributed by atoms with Crippen molar-refractivity contribution < 1.29 is 4.79 Å². The van der Waals surface area contributed by atoms with Crippen molar-refractivity contribution in [3.8, 4) is 0 Å². The minimum absolute atomic E-state index is 0. The van der Waals surface area contributed by atoms with E-state index in [4.69, 9.17) is 11.6 Å². The van der Waals surface area contributed by atoms with E-state index in [-0.39, 0.29) is 18.3 Å². The van der Waals surface area contributed by atoms with Crippen LogP contribution in [0, 0.1) is 6.92 Å². The number of halogens is 2. The third-order valence-corrected chi connectivity index (χ3v) is 6.23. The molecule has 1 aliphatic rings. The highest BCUT2D eigenvalue weighted by Crippen LogP contribution is 2.30. The number of carbonyl (C=O) groups is 1. The van der Waals surface area contributed by atoms with Gasteiger partial charge >= 0.3 is 0 Å². The number of thiophene rings is 1. The summed E-state index contributed by atoms with van der Waals surface area (Å²) in [6.07, 6.45) is 0.996. The van der Waals surface area contributed by atoms with E-state index in [0.717, 1.165) is 64.0 Å². The molecule has 1 N–H and O–H groups in total. The molecule has 1 saturated heterocycles. The molecule has 3 aromatic rings. The Morgan fingerprint density at radius 3 is 2.93 bits per heavy atom. The second kappa shape index (κ2) is 8.61. The summed E-state index contributed by atoms with van der Waals surface area (Å²) in [6, 6.07) is 9.79. The maximum Gasteiger partial charge on any atom is 0.264 e. The molecule has 0 unspecified atom stereocenters. The number of fused-ring (bicyclic) bond motifs is 1. The third-order valence-electron chi connectivity index (χ3n) is 4.72. The van der Waals surface area contributed by atoms with E-state index < -0.39 is 0 Å². The molecule has 0 saturated carbocycles. The molecule has 0 bridgehead atoms. The van der Waals surface area contributed by atoms with Crippen LogP contribution in [0.25, 0.3) is 10.2 Å². The zero-order chi connectivity index (χ0) is 18.1. The Morgan fingerprint density at radius 1 is 1.30 bits per heavy atom. The van der Waals surface area contributed by atoms with Crippen molar-refractivity contribution in [2.45, 2.75) is 19.9 Å². The lowest BCUT2D eigenvalue weighted by Crippen LogP contribution is -2.33.